The average Bonchev–Trinajstić information content (AvgIpc) is 3.12. The molecular weight excluding hydrogens is 416 g/mol. The number of carbonyl (C=O) groups is 3. The lowest BCUT2D eigenvalue weighted by atomic mass is 10.2. The molecule has 0 aliphatic carbocycles. The first-order valence-electron chi connectivity index (χ1n) is 9.52. The number of hydrogen-bond acceptors (Lipinski definition) is 5. The fraction of sp³-hybridized carbons (Fsp3) is 0.182. The number of aryl methyl sites for hydroxylation is 3. The van der Waals surface area contributed by atoms with E-state index in [1.54, 1.807) is 55.1 Å². The van der Waals surface area contributed by atoms with Gasteiger partial charge >= 0.3 is 5.69 Å². The summed E-state index contributed by atoms with van der Waals surface area (Å²) in [7, 11) is 3.37. The van der Waals surface area contributed by atoms with E-state index in [0.717, 1.165) is 33.3 Å². The van der Waals surface area contributed by atoms with Gasteiger partial charge in [0, 0.05) is 19.8 Å². The van der Waals surface area contributed by atoms with Crippen molar-refractivity contribution in [2.75, 3.05) is 11.9 Å². The number of nitrogens with one attached hydrogen (secondary N) is 1. The molecule has 0 saturated carbocycles. The molecule has 2 aromatic carbocycles. The molecule has 3 amide bonds. The van der Waals surface area contributed by atoms with Gasteiger partial charge in [-0.15, -0.1) is 0 Å². The minimum Gasteiger partial charge on any atom is -0.325 e. The lowest BCUT2D eigenvalue weighted by molar-refractivity contribution is -0.127. The van der Waals surface area contributed by atoms with Crippen molar-refractivity contribution in [2.24, 2.45) is 14.1 Å². The molecule has 2 heterocycles. The van der Waals surface area contributed by atoms with Crippen LogP contribution in [0.1, 0.15) is 11.1 Å². The second-order valence-corrected chi connectivity index (χ2v) is 8.32. The van der Waals surface area contributed by atoms with Gasteiger partial charge in [0.25, 0.3) is 11.1 Å². The first-order valence-corrected chi connectivity index (χ1v) is 10.3. The third-order valence-electron chi connectivity index (χ3n) is 5.10. The average molecular weight is 436 g/mol. The molecule has 1 aliphatic heterocycles. The summed E-state index contributed by atoms with van der Waals surface area (Å²) in [4.78, 5) is 50.6. The maximum Gasteiger partial charge on any atom is 0.328 e. The summed E-state index contributed by atoms with van der Waals surface area (Å²) < 4.78 is 3.06. The first-order chi connectivity index (χ1) is 14.7. The van der Waals surface area contributed by atoms with Crippen LogP contribution in [0.2, 0.25) is 0 Å². The molecule has 1 N–H and O–H groups in total. The van der Waals surface area contributed by atoms with Crippen molar-refractivity contribution in [1.82, 2.24) is 14.0 Å². The topological polar surface area (TPSA) is 93.4 Å². The van der Waals surface area contributed by atoms with E-state index in [1.807, 2.05) is 19.1 Å². The van der Waals surface area contributed by atoms with E-state index in [9.17, 15) is 19.2 Å². The van der Waals surface area contributed by atoms with Crippen LogP contribution >= 0.6 is 11.8 Å². The summed E-state index contributed by atoms with van der Waals surface area (Å²) >= 11 is 0.790. The van der Waals surface area contributed by atoms with E-state index in [0.29, 0.717) is 11.3 Å². The van der Waals surface area contributed by atoms with E-state index in [4.69, 9.17) is 0 Å². The zero-order chi connectivity index (χ0) is 22.3. The smallest absolute Gasteiger partial charge is 0.325 e. The number of benzene rings is 2. The minimum atomic E-state index is -0.517. The lowest BCUT2D eigenvalue weighted by Gasteiger charge is -2.12. The monoisotopic (exact) mass is 436 g/mol. The molecule has 0 radical (unpaired) electrons. The lowest BCUT2D eigenvalue weighted by Crippen LogP contribution is -2.36. The summed E-state index contributed by atoms with van der Waals surface area (Å²) in [6, 6.07) is 12.6. The molecule has 3 aromatic rings. The number of amides is 3. The van der Waals surface area contributed by atoms with Crippen molar-refractivity contribution in [3.8, 4) is 0 Å². The maximum absolute atomic E-state index is 12.7. The molecular formula is C22H20N4O4S. The standard InChI is InChI=1S/C22H20N4O4S/c1-13-4-7-15(8-5-13)23-19(27)12-26-20(28)18(31-22(26)30)11-14-6-9-16-17(10-14)25(3)21(29)24(16)2/h4-11H,12H2,1-3H3,(H,23,27)/b18-11-. The molecule has 1 aliphatic rings. The Morgan fingerprint density at radius 1 is 1.00 bits per heavy atom. The number of aromatic nitrogens is 2. The number of nitrogens with zero attached hydrogens (tertiary/aromatic N) is 3. The van der Waals surface area contributed by atoms with Crippen molar-refractivity contribution in [1.29, 1.82) is 0 Å². The summed E-state index contributed by atoms with van der Waals surface area (Å²) in [6.45, 7) is 1.58. The Hall–Kier alpha value is -3.59. The van der Waals surface area contributed by atoms with Crippen LogP contribution in [0.4, 0.5) is 10.5 Å². The van der Waals surface area contributed by atoms with E-state index in [-0.39, 0.29) is 17.1 Å². The molecule has 0 spiro atoms. The molecule has 9 heteroatoms. The summed E-state index contributed by atoms with van der Waals surface area (Å²) in [5.41, 5.74) is 3.68. The second kappa shape index (κ2) is 7.92. The van der Waals surface area contributed by atoms with Gasteiger partial charge in [-0.3, -0.25) is 28.4 Å². The van der Waals surface area contributed by atoms with Crippen molar-refractivity contribution in [3.63, 3.8) is 0 Å². The summed E-state index contributed by atoms with van der Waals surface area (Å²) in [5, 5.41) is 2.19. The minimum absolute atomic E-state index is 0.146. The summed E-state index contributed by atoms with van der Waals surface area (Å²) in [5.74, 6) is -0.968. The molecule has 158 valence electrons. The first kappa shape index (κ1) is 20.7. The number of anilines is 1. The molecule has 31 heavy (non-hydrogen) atoms. The quantitative estimate of drug-likeness (QED) is 0.635. The van der Waals surface area contributed by atoms with Gasteiger partial charge < -0.3 is 5.32 Å². The predicted octanol–water partition coefficient (Wildman–Crippen LogP) is 2.86. The molecule has 0 bridgehead atoms. The van der Waals surface area contributed by atoms with Crippen LogP contribution in [-0.4, -0.2) is 37.6 Å². The van der Waals surface area contributed by atoms with E-state index < -0.39 is 17.1 Å². The van der Waals surface area contributed by atoms with Crippen LogP contribution in [0.15, 0.2) is 52.2 Å². The number of hydrogen-bond donors (Lipinski definition) is 1. The largest absolute Gasteiger partial charge is 0.328 e. The molecule has 8 nitrogen and oxygen atoms in total. The zero-order valence-corrected chi connectivity index (χ0v) is 18.0. The molecule has 1 aromatic heterocycles. The van der Waals surface area contributed by atoms with Crippen LogP contribution in [0.25, 0.3) is 17.1 Å². The van der Waals surface area contributed by atoms with Crippen molar-refractivity contribution < 1.29 is 14.4 Å². The number of rotatable bonds is 4. The van der Waals surface area contributed by atoms with Crippen molar-refractivity contribution in [2.45, 2.75) is 6.92 Å². The Kier molecular flexibility index (Phi) is 5.28. The Balaban J connectivity index is 1.52. The normalized spacial score (nSPS) is 15.3. The second-order valence-electron chi connectivity index (χ2n) is 7.33. The molecule has 0 unspecified atom stereocenters. The number of carbonyl (C=O) groups excluding carboxylic acids is 3. The molecule has 1 saturated heterocycles. The Bertz CT molecular complexity index is 1320. The number of fused-ring (bicyclic) bond motifs is 1. The van der Waals surface area contributed by atoms with Crippen LogP contribution in [0, 0.1) is 6.92 Å². The maximum atomic E-state index is 12.7. The van der Waals surface area contributed by atoms with Crippen LogP contribution in [0.3, 0.4) is 0 Å². The third-order valence-corrected chi connectivity index (χ3v) is 6.01. The Morgan fingerprint density at radius 3 is 2.39 bits per heavy atom. The number of imidazole rings is 1. The predicted molar refractivity (Wildman–Crippen MR) is 121 cm³/mol. The van der Waals surface area contributed by atoms with Crippen LogP contribution < -0.4 is 11.0 Å². The van der Waals surface area contributed by atoms with Crippen LogP contribution in [0.5, 0.6) is 0 Å². The highest BCUT2D eigenvalue weighted by molar-refractivity contribution is 8.18. The molecule has 1 fully saturated rings. The Morgan fingerprint density at radius 2 is 1.68 bits per heavy atom. The highest BCUT2D eigenvalue weighted by Crippen LogP contribution is 2.32. The van der Waals surface area contributed by atoms with Gasteiger partial charge in [-0.1, -0.05) is 23.8 Å². The molecule has 0 atom stereocenters. The van der Waals surface area contributed by atoms with Gasteiger partial charge in [0.1, 0.15) is 6.54 Å². The fourth-order valence-corrected chi connectivity index (χ4v) is 4.22. The molecule has 4 rings (SSSR count). The van der Waals surface area contributed by atoms with Crippen molar-refractivity contribution in [3.05, 3.63) is 69.0 Å². The van der Waals surface area contributed by atoms with Crippen molar-refractivity contribution >= 4 is 51.6 Å². The third kappa shape index (κ3) is 3.91. The van der Waals surface area contributed by atoms with E-state index >= 15 is 0 Å². The van der Waals surface area contributed by atoms with Crippen LogP contribution in [-0.2, 0) is 23.7 Å². The highest BCUT2D eigenvalue weighted by Gasteiger charge is 2.36. The van der Waals surface area contributed by atoms with E-state index in [2.05, 4.69) is 5.32 Å². The van der Waals surface area contributed by atoms with Gasteiger partial charge in [-0.05, 0) is 54.6 Å². The summed E-state index contributed by atoms with van der Waals surface area (Å²) in [6.07, 6.45) is 1.60. The van der Waals surface area contributed by atoms with Gasteiger partial charge in [0.05, 0.1) is 15.9 Å². The zero-order valence-electron chi connectivity index (χ0n) is 17.2. The van der Waals surface area contributed by atoms with E-state index in [1.165, 1.54) is 4.57 Å². The fourth-order valence-electron chi connectivity index (χ4n) is 3.38. The van der Waals surface area contributed by atoms with Gasteiger partial charge in [-0.25, -0.2) is 4.79 Å². The van der Waals surface area contributed by atoms with Gasteiger partial charge in [0.2, 0.25) is 5.91 Å². The van der Waals surface area contributed by atoms with Gasteiger partial charge in [-0.2, -0.15) is 0 Å². The number of imide groups is 1. The highest BCUT2D eigenvalue weighted by atomic mass is 32.2. The Labute approximate surface area is 182 Å². The van der Waals surface area contributed by atoms with Gasteiger partial charge in [0.15, 0.2) is 0 Å². The SMILES string of the molecule is Cc1ccc(NC(=O)CN2C(=O)S/C(=C\c3ccc4c(c3)n(C)c(=O)n4C)C2=O)cc1. The number of thioether (sulfide) groups is 1.